The fourth-order valence-corrected chi connectivity index (χ4v) is 3.72. The minimum atomic E-state index is -0.0375. The second-order valence-corrected chi connectivity index (χ2v) is 6.29. The van der Waals surface area contributed by atoms with E-state index in [1.165, 1.54) is 37.7 Å². The number of nitrogens with two attached hydrogens (primary N) is 1. The number of benzene rings is 1. The van der Waals surface area contributed by atoms with Gasteiger partial charge in [-0.15, -0.1) is 0 Å². The molecule has 0 aromatic heterocycles. The molecular formula is C13H16BrN. The van der Waals surface area contributed by atoms with Crippen molar-refractivity contribution in [2.24, 2.45) is 11.1 Å². The van der Waals surface area contributed by atoms with Crippen molar-refractivity contribution < 1.29 is 0 Å². The monoisotopic (exact) mass is 265 g/mol. The highest BCUT2D eigenvalue weighted by Gasteiger charge is 2.55. The van der Waals surface area contributed by atoms with Gasteiger partial charge in [-0.05, 0) is 48.8 Å². The molecule has 0 bridgehead atoms. The quantitative estimate of drug-likeness (QED) is 0.826. The minimum absolute atomic E-state index is 0.0375. The Balaban J connectivity index is 1.83. The van der Waals surface area contributed by atoms with Gasteiger partial charge in [0.1, 0.15) is 0 Å². The van der Waals surface area contributed by atoms with E-state index in [9.17, 15) is 0 Å². The Morgan fingerprint density at radius 3 is 2.47 bits per heavy atom. The van der Waals surface area contributed by atoms with Gasteiger partial charge in [0.15, 0.2) is 0 Å². The van der Waals surface area contributed by atoms with E-state index in [1.54, 1.807) is 0 Å². The first-order chi connectivity index (χ1) is 7.12. The lowest BCUT2D eigenvalue weighted by molar-refractivity contribution is -0.0462. The van der Waals surface area contributed by atoms with Gasteiger partial charge in [-0.3, -0.25) is 0 Å². The van der Waals surface area contributed by atoms with Crippen LogP contribution >= 0.6 is 15.9 Å². The maximum absolute atomic E-state index is 6.46. The van der Waals surface area contributed by atoms with Crippen LogP contribution in [0.15, 0.2) is 28.7 Å². The molecule has 2 N–H and O–H groups in total. The zero-order valence-corrected chi connectivity index (χ0v) is 10.4. The highest BCUT2D eigenvalue weighted by Crippen LogP contribution is 2.62. The lowest BCUT2D eigenvalue weighted by Gasteiger charge is -2.60. The van der Waals surface area contributed by atoms with Crippen LogP contribution in [0.2, 0.25) is 0 Å². The maximum atomic E-state index is 6.46. The van der Waals surface area contributed by atoms with Gasteiger partial charge in [-0.2, -0.15) is 0 Å². The molecule has 2 fully saturated rings. The fourth-order valence-electron chi connectivity index (χ4n) is 3.32. The van der Waals surface area contributed by atoms with Gasteiger partial charge in [0.25, 0.3) is 0 Å². The minimum Gasteiger partial charge on any atom is -0.321 e. The molecule has 0 unspecified atom stereocenters. The van der Waals surface area contributed by atoms with Crippen molar-refractivity contribution in [1.82, 2.24) is 0 Å². The van der Waals surface area contributed by atoms with Gasteiger partial charge >= 0.3 is 0 Å². The molecular weight excluding hydrogens is 250 g/mol. The molecule has 0 atom stereocenters. The normalized spacial score (nSPS) is 25.7. The van der Waals surface area contributed by atoms with Crippen molar-refractivity contribution in [2.45, 2.75) is 37.6 Å². The first-order valence-electron chi connectivity index (χ1n) is 5.67. The molecule has 1 aromatic rings. The lowest BCUT2D eigenvalue weighted by atomic mass is 9.47. The van der Waals surface area contributed by atoms with Crippen molar-refractivity contribution in [1.29, 1.82) is 0 Å². The Hall–Kier alpha value is -0.340. The van der Waals surface area contributed by atoms with E-state index < -0.39 is 0 Å². The number of hydrogen-bond donors (Lipinski definition) is 1. The molecule has 2 heteroatoms. The van der Waals surface area contributed by atoms with Gasteiger partial charge in [-0.1, -0.05) is 34.5 Å². The Kier molecular flexibility index (Phi) is 2.02. The van der Waals surface area contributed by atoms with Crippen LogP contribution in [0, 0.1) is 5.41 Å². The predicted octanol–water partition coefficient (Wildman–Crippen LogP) is 3.57. The molecule has 2 aliphatic carbocycles. The van der Waals surface area contributed by atoms with E-state index in [0.717, 1.165) is 4.47 Å². The Bertz CT molecular complexity index is 387. The highest BCUT2D eigenvalue weighted by molar-refractivity contribution is 9.10. The van der Waals surface area contributed by atoms with Crippen molar-refractivity contribution >= 4 is 15.9 Å². The van der Waals surface area contributed by atoms with Gasteiger partial charge in [0, 0.05) is 10.0 Å². The molecule has 2 aliphatic rings. The van der Waals surface area contributed by atoms with E-state index in [2.05, 4.69) is 40.2 Å². The van der Waals surface area contributed by atoms with Crippen molar-refractivity contribution in [3.05, 3.63) is 34.3 Å². The molecule has 80 valence electrons. The summed E-state index contributed by atoms with van der Waals surface area (Å²) in [5.41, 5.74) is 8.36. The van der Waals surface area contributed by atoms with Crippen molar-refractivity contribution in [3.63, 3.8) is 0 Å². The van der Waals surface area contributed by atoms with E-state index in [1.807, 2.05) is 0 Å². The van der Waals surface area contributed by atoms with Crippen LogP contribution in [0.4, 0.5) is 0 Å². The average molecular weight is 266 g/mol. The maximum Gasteiger partial charge on any atom is 0.0420 e. The summed E-state index contributed by atoms with van der Waals surface area (Å²) < 4.78 is 1.14. The zero-order chi connectivity index (χ0) is 10.5. The summed E-state index contributed by atoms with van der Waals surface area (Å²) in [6.45, 7) is 0. The second kappa shape index (κ2) is 3.08. The Morgan fingerprint density at radius 2 is 1.93 bits per heavy atom. The molecule has 1 spiro atoms. The van der Waals surface area contributed by atoms with Crippen LogP contribution in [-0.2, 0) is 5.54 Å². The molecule has 0 amide bonds. The second-order valence-electron chi connectivity index (χ2n) is 5.37. The lowest BCUT2D eigenvalue weighted by Crippen LogP contribution is -2.58. The van der Waals surface area contributed by atoms with E-state index in [4.69, 9.17) is 5.73 Å². The third-order valence-electron chi connectivity index (χ3n) is 4.19. The predicted molar refractivity (Wildman–Crippen MR) is 65.5 cm³/mol. The van der Waals surface area contributed by atoms with Gasteiger partial charge in [-0.25, -0.2) is 0 Å². The van der Waals surface area contributed by atoms with E-state index >= 15 is 0 Å². The SMILES string of the molecule is NC1(c2cccc(Br)c2)CC2(CCC2)C1. The average Bonchev–Trinajstić information content (AvgIpc) is 2.10. The molecule has 3 rings (SSSR count). The Labute approximate surface area is 99.2 Å². The van der Waals surface area contributed by atoms with Crippen LogP contribution in [0.1, 0.15) is 37.7 Å². The third kappa shape index (κ3) is 1.46. The van der Waals surface area contributed by atoms with Crippen LogP contribution in [-0.4, -0.2) is 0 Å². The van der Waals surface area contributed by atoms with E-state index in [-0.39, 0.29) is 5.54 Å². The molecule has 1 aromatic carbocycles. The fraction of sp³-hybridized carbons (Fsp3) is 0.538. The number of halogens is 1. The first kappa shape index (κ1) is 9.86. The summed E-state index contributed by atoms with van der Waals surface area (Å²) in [6, 6.07) is 8.48. The highest BCUT2D eigenvalue weighted by atomic mass is 79.9. The summed E-state index contributed by atoms with van der Waals surface area (Å²) in [5.74, 6) is 0. The number of hydrogen-bond acceptors (Lipinski definition) is 1. The Morgan fingerprint density at radius 1 is 1.20 bits per heavy atom. The topological polar surface area (TPSA) is 26.0 Å². The summed E-state index contributed by atoms with van der Waals surface area (Å²) in [4.78, 5) is 0. The molecule has 1 nitrogen and oxygen atoms in total. The summed E-state index contributed by atoms with van der Waals surface area (Å²) in [6.07, 6.45) is 6.60. The molecule has 2 saturated carbocycles. The smallest absolute Gasteiger partial charge is 0.0420 e. The van der Waals surface area contributed by atoms with Crippen LogP contribution in [0.5, 0.6) is 0 Å². The van der Waals surface area contributed by atoms with E-state index in [0.29, 0.717) is 5.41 Å². The molecule has 0 saturated heterocycles. The van der Waals surface area contributed by atoms with Gasteiger partial charge < -0.3 is 5.73 Å². The van der Waals surface area contributed by atoms with Crippen LogP contribution in [0.25, 0.3) is 0 Å². The third-order valence-corrected chi connectivity index (χ3v) is 4.69. The largest absolute Gasteiger partial charge is 0.321 e. The van der Waals surface area contributed by atoms with Gasteiger partial charge in [0.2, 0.25) is 0 Å². The molecule has 0 aliphatic heterocycles. The zero-order valence-electron chi connectivity index (χ0n) is 8.80. The summed E-state index contributed by atoms with van der Waals surface area (Å²) in [7, 11) is 0. The molecule has 0 heterocycles. The summed E-state index contributed by atoms with van der Waals surface area (Å²) in [5, 5.41) is 0. The standard InChI is InChI=1S/C13H16BrN/c14-11-4-1-3-10(7-11)13(15)8-12(9-13)5-2-6-12/h1,3-4,7H,2,5-6,8-9,15H2. The van der Waals surface area contributed by atoms with Crippen LogP contribution < -0.4 is 5.73 Å². The summed E-state index contributed by atoms with van der Waals surface area (Å²) >= 11 is 3.51. The molecule has 15 heavy (non-hydrogen) atoms. The van der Waals surface area contributed by atoms with Crippen molar-refractivity contribution in [2.75, 3.05) is 0 Å². The van der Waals surface area contributed by atoms with Crippen molar-refractivity contribution in [3.8, 4) is 0 Å². The van der Waals surface area contributed by atoms with Gasteiger partial charge in [0.05, 0.1) is 0 Å². The molecule has 0 radical (unpaired) electrons. The number of rotatable bonds is 1. The first-order valence-corrected chi connectivity index (χ1v) is 6.46. The van der Waals surface area contributed by atoms with Crippen LogP contribution in [0.3, 0.4) is 0 Å².